The molecule has 4 aliphatic rings. The van der Waals surface area contributed by atoms with Crippen LogP contribution in [-0.4, -0.2) is 74.2 Å². The van der Waals surface area contributed by atoms with Gasteiger partial charge in [-0.1, -0.05) is 0 Å². The van der Waals surface area contributed by atoms with Gasteiger partial charge in [-0.15, -0.1) is 0 Å². The van der Waals surface area contributed by atoms with Crippen molar-refractivity contribution in [1.29, 1.82) is 0 Å². The molecule has 182 valence electrons. The summed E-state index contributed by atoms with van der Waals surface area (Å²) in [5.74, 6) is 2.37. The number of hydrogen-bond donors (Lipinski definition) is 2. The lowest BCUT2D eigenvalue weighted by molar-refractivity contribution is -0.139. The molecule has 2 N–H and O–H groups in total. The normalized spacial score (nSPS) is 26.6. The average Bonchev–Trinajstić information content (AvgIpc) is 3.58. The number of nitrogens with one attached hydrogen (secondary N) is 2. The summed E-state index contributed by atoms with van der Waals surface area (Å²) in [6, 6.07) is 1.85. The Hall–Kier alpha value is -2.68. The fourth-order valence-electron chi connectivity index (χ4n) is 5.87. The van der Waals surface area contributed by atoms with Crippen LogP contribution < -0.4 is 10.6 Å². The van der Waals surface area contributed by atoms with E-state index >= 15 is 0 Å². The monoisotopic (exact) mass is 464 g/mol. The van der Waals surface area contributed by atoms with Gasteiger partial charge in [0.15, 0.2) is 0 Å². The van der Waals surface area contributed by atoms with Crippen molar-refractivity contribution in [3.8, 4) is 0 Å². The Morgan fingerprint density at radius 1 is 1.12 bits per heavy atom. The average molecular weight is 465 g/mol. The van der Waals surface area contributed by atoms with Crippen molar-refractivity contribution < 1.29 is 4.79 Å². The molecule has 2 aromatic rings. The number of carbonyl (C=O) groups excluding carboxylic acids is 1. The molecule has 9 nitrogen and oxygen atoms in total. The summed E-state index contributed by atoms with van der Waals surface area (Å²) in [7, 11) is 2.28. The lowest BCUT2D eigenvalue weighted by Crippen LogP contribution is -2.44. The number of β-lactam (4-membered cyclic amide) rings is 1. The van der Waals surface area contributed by atoms with Crippen molar-refractivity contribution in [2.45, 2.75) is 82.3 Å². The number of aryl methyl sites for hydroxylation is 1. The molecule has 0 aromatic carbocycles. The van der Waals surface area contributed by atoms with Crippen molar-refractivity contribution in [1.82, 2.24) is 29.5 Å². The molecule has 2 aromatic heterocycles. The summed E-state index contributed by atoms with van der Waals surface area (Å²) in [5.41, 5.74) is 3.17. The van der Waals surface area contributed by atoms with E-state index in [4.69, 9.17) is 10.1 Å². The Bertz CT molecular complexity index is 1050. The summed E-state index contributed by atoms with van der Waals surface area (Å²) in [4.78, 5) is 25.5. The van der Waals surface area contributed by atoms with Crippen LogP contribution >= 0.6 is 0 Å². The number of fused-ring (bicyclic) bond motifs is 2. The predicted octanol–water partition coefficient (Wildman–Crippen LogP) is 3.43. The third kappa shape index (κ3) is 4.26. The number of hydrogen-bond acceptors (Lipinski definition) is 7. The van der Waals surface area contributed by atoms with Crippen molar-refractivity contribution in [2.75, 3.05) is 37.3 Å². The first-order chi connectivity index (χ1) is 16.5. The van der Waals surface area contributed by atoms with Crippen molar-refractivity contribution in [2.24, 2.45) is 0 Å². The van der Waals surface area contributed by atoms with Crippen LogP contribution in [0.5, 0.6) is 0 Å². The van der Waals surface area contributed by atoms with Gasteiger partial charge in [-0.05, 0) is 64.8 Å². The van der Waals surface area contributed by atoms with E-state index < -0.39 is 0 Å². The zero-order chi connectivity index (χ0) is 23.2. The molecule has 6 rings (SSSR count). The van der Waals surface area contributed by atoms with Crippen molar-refractivity contribution in [3.63, 3.8) is 0 Å². The summed E-state index contributed by atoms with van der Waals surface area (Å²) in [5, 5.41) is 11.8. The van der Waals surface area contributed by atoms with Crippen molar-refractivity contribution in [3.05, 3.63) is 23.7 Å². The van der Waals surface area contributed by atoms with Gasteiger partial charge < -0.3 is 20.4 Å². The summed E-state index contributed by atoms with van der Waals surface area (Å²) in [6.07, 6.45) is 13.1. The summed E-state index contributed by atoms with van der Waals surface area (Å²) < 4.78 is 2.17. The van der Waals surface area contributed by atoms with Crippen LogP contribution in [0, 0.1) is 6.92 Å². The molecule has 9 heteroatoms. The summed E-state index contributed by atoms with van der Waals surface area (Å²) >= 11 is 0. The van der Waals surface area contributed by atoms with Gasteiger partial charge >= 0.3 is 0 Å². The van der Waals surface area contributed by atoms with E-state index in [-0.39, 0.29) is 5.91 Å². The van der Waals surface area contributed by atoms with Crippen LogP contribution in [0.2, 0.25) is 0 Å². The van der Waals surface area contributed by atoms with Crippen LogP contribution in [0.3, 0.4) is 0 Å². The molecule has 34 heavy (non-hydrogen) atoms. The molecule has 2 unspecified atom stereocenters. The first-order valence-corrected chi connectivity index (χ1v) is 13.0. The molecule has 3 saturated heterocycles. The molecule has 0 radical (unpaired) electrons. The molecule has 1 saturated carbocycles. The number of aromatic nitrogens is 4. The highest BCUT2D eigenvalue weighted by atomic mass is 16.2. The van der Waals surface area contributed by atoms with Crippen LogP contribution in [0.4, 0.5) is 17.5 Å². The molecule has 3 aliphatic heterocycles. The van der Waals surface area contributed by atoms with E-state index in [1.165, 1.54) is 44.1 Å². The van der Waals surface area contributed by atoms with Crippen molar-refractivity contribution >= 4 is 23.4 Å². The Labute approximate surface area is 201 Å². The molecular weight excluding hydrogens is 428 g/mol. The molecule has 4 fully saturated rings. The van der Waals surface area contributed by atoms with E-state index in [1.54, 1.807) is 0 Å². The molecule has 5 heterocycles. The van der Waals surface area contributed by atoms with E-state index in [0.717, 1.165) is 43.3 Å². The Balaban J connectivity index is 1.12. The number of piperidine rings is 1. The first-order valence-electron chi connectivity index (χ1n) is 13.0. The number of rotatable bonds is 9. The minimum absolute atomic E-state index is 0.274. The van der Waals surface area contributed by atoms with Gasteiger partial charge in [0, 0.05) is 56.1 Å². The molecular formula is C25H36N8O. The highest BCUT2D eigenvalue weighted by Crippen LogP contribution is 2.43. The largest absolute Gasteiger partial charge is 0.370 e. The molecule has 1 aliphatic carbocycles. The second-order valence-corrected chi connectivity index (χ2v) is 10.6. The molecule has 0 spiro atoms. The van der Waals surface area contributed by atoms with Crippen LogP contribution in [0.25, 0.3) is 0 Å². The van der Waals surface area contributed by atoms with Gasteiger partial charge in [0.1, 0.15) is 5.82 Å². The molecule has 2 bridgehead atoms. The Morgan fingerprint density at radius 2 is 1.91 bits per heavy atom. The topological polar surface area (TPSA) is 91.2 Å². The fraction of sp³-hybridized carbons (Fsp3) is 0.680. The van der Waals surface area contributed by atoms with Gasteiger partial charge in [-0.25, -0.2) is 4.98 Å². The highest BCUT2D eigenvalue weighted by molar-refractivity contribution is 5.81. The van der Waals surface area contributed by atoms with Crippen LogP contribution in [0.15, 0.2) is 12.4 Å². The minimum Gasteiger partial charge on any atom is -0.370 e. The quantitative estimate of drug-likeness (QED) is 0.434. The number of likely N-dealkylation sites (tertiary alicyclic amines) is 1. The maximum absolute atomic E-state index is 11.5. The second-order valence-electron chi connectivity index (χ2n) is 10.6. The van der Waals surface area contributed by atoms with Gasteiger partial charge in [0.25, 0.3) is 0 Å². The van der Waals surface area contributed by atoms with Crippen LogP contribution in [0.1, 0.15) is 74.6 Å². The maximum Gasteiger partial charge on any atom is 0.229 e. The SMILES string of the molecule is Cc1nn(C2CC3CCC(C2)N3C)cc1Nc1ncc(C2CC2)c(NCCCN2CCC2=O)n1. The van der Waals surface area contributed by atoms with Gasteiger partial charge in [-0.3, -0.25) is 9.48 Å². The van der Waals surface area contributed by atoms with Gasteiger partial charge in [0.2, 0.25) is 11.9 Å². The third-order valence-corrected chi connectivity index (χ3v) is 8.29. The Kier molecular flexibility index (Phi) is 5.67. The highest BCUT2D eigenvalue weighted by Gasteiger charge is 2.39. The number of nitrogens with zero attached hydrogens (tertiary/aromatic N) is 6. The zero-order valence-corrected chi connectivity index (χ0v) is 20.3. The summed E-state index contributed by atoms with van der Waals surface area (Å²) in [6.45, 7) is 4.57. The second kappa shape index (κ2) is 8.83. The van der Waals surface area contributed by atoms with E-state index in [2.05, 4.69) is 45.4 Å². The zero-order valence-electron chi connectivity index (χ0n) is 20.3. The van der Waals surface area contributed by atoms with E-state index in [9.17, 15) is 4.79 Å². The minimum atomic E-state index is 0.274. The third-order valence-electron chi connectivity index (χ3n) is 8.29. The molecule has 2 atom stereocenters. The standard InChI is InChI=1S/C25H36N8O/c1-16-22(15-33(30-16)20-12-18-6-7-19(13-20)31(18)2)28-25-27-14-21(17-4-5-17)24(29-25)26-9-3-10-32-11-8-23(32)34/h14-15,17-20H,3-13H2,1-2H3,(H2,26,27,28,29). The lowest BCUT2D eigenvalue weighted by atomic mass is 9.98. The maximum atomic E-state index is 11.5. The lowest BCUT2D eigenvalue weighted by Gasteiger charge is -2.36. The Morgan fingerprint density at radius 3 is 2.59 bits per heavy atom. The van der Waals surface area contributed by atoms with E-state index in [1.807, 2.05) is 11.1 Å². The van der Waals surface area contributed by atoms with Gasteiger partial charge in [0.05, 0.1) is 17.4 Å². The fourth-order valence-corrected chi connectivity index (χ4v) is 5.87. The predicted molar refractivity (Wildman–Crippen MR) is 131 cm³/mol. The number of anilines is 3. The van der Waals surface area contributed by atoms with Crippen LogP contribution in [-0.2, 0) is 4.79 Å². The van der Waals surface area contributed by atoms with E-state index in [0.29, 0.717) is 36.4 Å². The van der Waals surface area contributed by atoms with Gasteiger partial charge in [-0.2, -0.15) is 10.1 Å². The number of amides is 1. The smallest absolute Gasteiger partial charge is 0.229 e. The molecule has 1 amide bonds. The first kappa shape index (κ1) is 21.8. The number of carbonyl (C=O) groups is 1.